The highest BCUT2D eigenvalue weighted by Crippen LogP contribution is 2.35. The Balaban J connectivity index is 2.00. The molecule has 1 aliphatic heterocycles. The molecule has 2 heterocycles. The van der Waals surface area contributed by atoms with Crippen LogP contribution in [0.25, 0.3) is 0 Å². The summed E-state index contributed by atoms with van der Waals surface area (Å²) in [7, 11) is 1.54. The monoisotopic (exact) mass is 339 g/mol. The third-order valence-electron chi connectivity index (χ3n) is 3.89. The van der Waals surface area contributed by atoms with E-state index in [0.717, 1.165) is 5.56 Å². The molecule has 25 heavy (non-hydrogen) atoms. The van der Waals surface area contributed by atoms with Gasteiger partial charge < -0.3 is 14.8 Å². The fourth-order valence-corrected chi connectivity index (χ4v) is 2.70. The molecule has 0 aliphatic carbocycles. The van der Waals surface area contributed by atoms with Gasteiger partial charge in [-0.05, 0) is 24.6 Å². The number of anilines is 1. The third-order valence-corrected chi connectivity index (χ3v) is 3.89. The van der Waals surface area contributed by atoms with Crippen molar-refractivity contribution in [1.82, 2.24) is 14.8 Å². The highest BCUT2D eigenvalue weighted by Gasteiger charge is 2.34. The number of hydrogen-bond donors (Lipinski definition) is 1. The molecule has 1 atom stereocenters. The summed E-state index contributed by atoms with van der Waals surface area (Å²) in [6.45, 7) is 2.28. The Hall–Kier alpha value is -3.18. The quantitative estimate of drug-likeness (QED) is 0.652. The fraction of sp³-hybridized carbons (Fsp3) is 0.294. The van der Waals surface area contributed by atoms with Crippen LogP contribution in [0.5, 0.6) is 0 Å². The Morgan fingerprint density at radius 3 is 2.80 bits per heavy atom. The predicted octanol–water partition coefficient (Wildman–Crippen LogP) is 1.63. The normalized spacial score (nSPS) is 16.0. The molecule has 1 aromatic carbocycles. The van der Waals surface area contributed by atoms with Crippen LogP contribution in [0.4, 0.5) is 5.95 Å². The zero-order valence-corrected chi connectivity index (χ0v) is 13.9. The van der Waals surface area contributed by atoms with Gasteiger partial charge in [0.05, 0.1) is 23.8 Å². The summed E-state index contributed by atoms with van der Waals surface area (Å²) in [4.78, 5) is 16.8. The highest BCUT2D eigenvalue weighted by molar-refractivity contribution is 5.92. The van der Waals surface area contributed by atoms with Gasteiger partial charge in [0.25, 0.3) is 0 Å². The lowest BCUT2D eigenvalue weighted by Crippen LogP contribution is -2.30. The van der Waals surface area contributed by atoms with E-state index >= 15 is 0 Å². The van der Waals surface area contributed by atoms with Gasteiger partial charge in [-0.3, -0.25) is 0 Å². The van der Waals surface area contributed by atoms with Crippen molar-refractivity contribution >= 4 is 11.9 Å². The maximum atomic E-state index is 12.6. The summed E-state index contributed by atoms with van der Waals surface area (Å²) in [5, 5.41) is 16.3. The Morgan fingerprint density at radius 2 is 2.12 bits per heavy atom. The summed E-state index contributed by atoms with van der Waals surface area (Å²) in [6, 6.07) is 8.61. The number of ether oxygens (including phenoxy) is 2. The molecule has 0 unspecified atom stereocenters. The lowest BCUT2D eigenvalue weighted by Gasteiger charge is -2.28. The second-order valence-corrected chi connectivity index (χ2v) is 5.46. The van der Waals surface area contributed by atoms with Crippen molar-refractivity contribution in [3.05, 3.63) is 53.0 Å². The van der Waals surface area contributed by atoms with Crippen molar-refractivity contribution in [2.75, 3.05) is 25.6 Å². The minimum Gasteiger partial charge on any atom is -0.460 e. The van der Waals surface area contributed by atoms with E-state index in [1.54, 1.807) is 43.0 Å². The number of nitriles is 1. The van der Waals surface area contributed by atoms with E-state index in [1.807, 2.05) is 0 Å². The van der Waals surface area contributed by atoms with Crippen molar-refractivity contribution < 1.29 is 14.3 Å². The number of benzene rings is 1. The molecule has 3 rings (SSSR count). The minimum atomic E-state index is -0.485. The molecule has 0 saturated carbocycles. The molecule has 1 aliphatic rings. The number of nitrogens with zero attached hydrogens (tertiary/aromatic N) is 4. The summed E-state index contributed by atoms with van der Waals surface area (Å²) in [5.74, 6) is 0.0952. The van der Waals surface area contributed by atoms with Crippen molar-refractivity contribution in [3.8, 4) is 6.07 Å². The van der Waals surface area contributed by atoms with E-state index in [1.165, 1.54) is 6.33 Å². The number of nitrogens with one attached hydrogen (secondary N) is 1. The number of carbonyl (C=O) groups is 1. The average molecular weight is 339 g/mol. The second-order valence-electron chi connectivity index (χ2n) is 5.46. The van der Waals surface area contributed by atoms with Crippen LogP contribution in [0.2, 0.25) is 0 Å². The number of aromatic nitrogens is 3. The van der Waals surface area contributed by atoms with Gasteiger partial charge >= 0.3 is 5.97 Å². The number of rotatable bonds is 5. The summed E-state index contributed by atoms with van der Waals surface area (Å²) in [6.07, 6.45) is 1.42. The first kappa shape index (κ1) is 16.7. The number of esters is 1. The Morgan fingerprint density at radius 1 is 1.36 bits per heavy atom. The highest BCUT2D eigenvalue weighted by atomic mass is 16.6. The molecule has 0 spiro atoms. The van der Waals surface area contributed by atoms with Crippen molar-refractivity contribution in [2.24, 2.45) is 0 Å². The second kappa shape index (κ2) is 7.15. The molecular formula is C17H17N5O3. The molecule has 1 N–H and O–H groups in total. The minimum absolute atomic E-state index is 0.163. The zero-order chi connectivity index (χ0) is 17.8. The molecule has 2 aromatic rings. The molecule has 0 bridgehead atoms. The Kier molecular flexibility index (Phi) is 4.77. The van der Waals surface area contributed by atoms with Gasteiger partial charge in [0.15, 0.2) is 0 Å². The van der Waals surface area contributed by atoms with Crippen LogP contribution in [-0.4, -0.2) is 41.1 Å². The topological polar surface area (TPSA) is 102 Å². The van der Waals surface area contributed by atoms with Crippen LogP contribution >= 0.6 is 0 Å². The number of allylic oxidation sites excluding steroid dienone is 1. The van der Waals surface area contributed by atoms with E-state index in [9.17, 15) is 4.79 Å². The zero-order valence-electron chi connectivity index (χ0n) is 13.9. The van der Waals surface area contributed by atoms with E-state index in [-0.39, 0.29) is 6.61 Å². The number of hydrogen-bond acceptors (Lipinski definition) is 7. The smallest absolute Gasteiger partial charge is 0.338 e. The largest absolute Gasteiger partial charge is 0.460 e. The van der Waals surface area contributed by atoms with Crippen LogP contribution in [0, 0.1) is 11.3 Å². The number of fused-ring (bicyclic) bond motifs is 1. The van der Waals surface area contributed by atoms with Crippen LogP contribution in [0.1, 0.15) is 24.1 Å². The molecule has 1 aromatic heterocycles. The van der Waals surface area contributed by atoms with Crippen LogP contribution < -0.4 is 5.32 Å². The molecule has 0 fully saturated rings. The molecule has 0 saturated heterocycles. The van der Waals surface area contributed by atoms with E-state index in [0.29, 0.717) is 29.4 Å². The van der Waals surface area contributed by atoms with E-state index in [2.05, 4.69) is 21.5 Å². The van der Waals surface area contributed by atoms with Gasteiger partial charge in [-0.2, -0.15) is 15.3 Å². The van der Waals surface area contributed by atoms with Crippen molar-refractivity contribution in [2.45, 2.75) is 13.0 Å². The first-order valence-corrected chi connectivity index (χ1v) is 7.69. The first-order chi connectivity index (χ1) is 12.2. The van der Waals surface area contributed by atoms with Crippen molar-refractivity contribution in [1.29, 1.82) is 5.26 Å². The van der Waals surface area contributed by atoms with Crippen LogP contribution in [0.15, 0.2) is 41.9 Å². The van der Waals surface area contributed by atoms with Gasteiger partial charge in [-0.1, -0.05) is 12.1 Å². The average Bonchev–Trinajstić information content (AvgIpc) is 3.08. The molecule has 128 valence electrons. The lowest BCUT2D eigenvalue weighted by atomic mass is 9.95. The van der Waals surface area contributed by atoms with Gasteiger partial charge in [-0.15, -0.1) is 0 Å². The maximum absolute atomic E-state index is 12.6. The van der Waals surface area contributed by atoms with Gasteiger partial charge in [0, 0.05) is 12.8 Å². The van der Waals surface area contributed by atoms with Crippen LogP contribution in [0.3, 0.4) is 0 Å². The molecule has 8 heteroatoms. The summed E-state index contributed by atoms with van der Waals surface area (Å²) >= 11 is 0. The third kappa shape index (κ3) is 3.22. The van der Waals surface area contributed by atoms with Gasteiger partial charge in [-0.25, -0.2) is 9.48 Å². The Bertz CT molecular complexity index is 848. The SMILES string of the molecule is COCCOC(=O)C1=C(C)Nc2ncnn2[C@H]1c1ccc(C#N)cc1. The predicted molar refractivity (Wildman–Crippen MR) is 88.5 cm³/mol. The van der Waals surface area contributed by atoms with Crippen molar-refractivity contribution in [3.63, 3.8) is 0 Å². The fourth-order valence-electron chi connectivity index (χ4n) is 2.70. The standard InChI is InChI=1S/C17H17N5O3/c1-11-14(16(23)25-8-7-24-2)15(22-17(21-11)19-10-20-22)13-5-3-12(9-18)4-6-13/h3-6,10,15H,7-8H2,1-2H3,(H,19,20,21)/t15-/m0/s1. The lowest BCUT2D eigenvalue weighted by molar-refractivity contribution is -0.140. The van der Waals surface area contributed by atoms with Crippen LogP contribution in [-0.2, 0) is 14.3 Å². The van der Waals surface area contributed by atoms with E-state index in [4.69, 9.17) is 14.7 Å². The maximum Gasteiger partial charge on any atom is 0.338 e. The Labute approximate surface area is 144 Å². The first-order valence-electron chi connectivity index (χ1n) is 7.69. The molecule has 8 nitrogen and oxygen atoms in total. The molecular weight excluding hydrogens is 322 g/mol. The van der Waals surface area contributed by atoms with Gasteiger partial charge in [0.1, 0.15) is 19.0 Å². The number of methoxy groups -OCH3 is 1. The summed E-state index contributed by atoms with van der Waals surface area (Å²) < 4.78 is 11.9. The van der Waals surface area contributed by atoms with E-state index < -0.39 is 12.0 Å². The summed E-state index contributed by atoms with van der Waals surface area (Å²) in [5.41, 5.74) is 2.45. The van der Waals surface area contributed by atoms with Gasteiger partial charge in [0.2, 0.25) is 5.95 Å². The molecule has 0 radical (unpaired) electrons. The molecule has 0 amide bonds. The number of carbonyl (C=O) groups excluding carboxylic acids is 1.